The van der Waals surface area contributed by atoms with Gasteiger partial charge in [-0.25, -0.2) is 9.59 Å². The lowest BCUT2D eigenvalue weighted by atomic mass is 9.87. The van der Waals surface area contributed by atoms with Gasteiger partial charge in [-0.15, -0.1) is 0 Å². The molecule has 0 aliphatic rings. The number of nitrogens with one attached hydrogen (secondary N) is 1. The Kier molecular flexibility index (Phi) is 5.56. The molecule has 0 aliphatic carbocycles. The molecule has 6 heteroatoms. The standard InChI is InChI=1S/C16H21NO5/c1-16(2,3)10-6-7-13(18)11(8-10)17-12(15(20)22-5)9-14(19)21-4/h6-9,17-18H,1-5H3/b12-9+. The summed E-state index contributed by atoms with van der Waals surface area (Å²) in [4.78, 5) is 23.1. The zero-order chi connectivity index (χ0) is 16.9. The Morgan fingerprint density at radius 1 is 1.18 bits per heavy atom. The molecular formula is C16H21NO5. The molecule has 6 nitrogen and oxygen atoms in total. The first kappa shape index (κ1) is 17.6. The minimum Gasteiger partial charge on any atom is -0.506 e. The molecule has 1 aromatic rings. The molecule has 0 amide bonds. The summed E-state index contributed by atoms with van der Waals surface area (Å²) in [6, 6.07) is 5.03. The van der Waals surface area contributed by atoms with Crippen LogP contribution in [0.5, 0.6) is 5.75 Å². The van der Waals surface area contributed by atoms with E-state index in [1.807, 2.05) is 20.8 Å². The first-order chi connectivity index (χ1) is 10.2. The molecule has 1 aromatic carbocycles. The van der Waals surface area contributed by atoms with Gasteiger partial charge in [0.25, 0.3) is 0 Å². The van der Waals surface area contributed by atoms with E-state index in [9.17, 15) is 14.7 Å². The van der Waals surface area contributed by atoms with Crippen LogP contribution < -0.4 is 5.32 Å². The molecule has 0 saturated heterocycles. The second-order valence-electron chi connectivity index (χ2n) is 5.68. The maximum Gasteiger partial charge on any atom is 0.354 e. The number of esters is 2. The number of benzene rings is 1. The summed E-state index contributed by atoms with van der Waals surface area (Å²) in [6.07, 6.45) is 0.967. The zero-order valence-corrected chi connectivity index (χ0v) is 13.4. The van der Waals surface area contributed by atoms with E-state index in [2.05, 4.69) is 14.8 Å². The lowest BCUT2D eigenvalue weighted by Crippen LogP contribution is -2.16. The van der Waals surface area contributed by atoms with E-state index in [0.717, 1.165) is 11.6 Å². The summed E-state index contributed by atoms with van der Waals surface area (Å²) >= 11 is 0. The van der Waals surface area contributed by atoms with Crippen LogP contribution in [0.2, 0.25) is 0 Å². The number of ether oxygens (including phenoxy) is 2. The molecule has 0 atom stereocenters. The van der Waals surface area contributed by atoms with Crippen molar-refractivity contribution in [3.63, 3.8) is 0 Å². The SMILES string of the molecule is COC(=O)/C=C(/Nc1cc(C(C)(C)C)ccc1O)C(=O)OC. The first-order valence-corrected chi connectivity index (χ1v) is 6.67. The quantitative estimate of drug-likeness (QED) is 0.504. The van der Waals surface area contributed by atoms with Crippen molar-refractivity contribution in [2.24, 2.45) is 0 Å². The van der Waals surface area contributed by atoms with Crippen LogP contribution in [0.25, 0.3) is 0 Å². The fourth-order valence-corrected chi connectivity index (χ4v) is 1.68. The molecule has 0 aromatic heterocycles. The summed E-state index contributed by atoms with van der Waals surface area (Å²) in [5.74, 6) is -1.50. The lowest BCUT2D eigenvalue weighted by molar-refractivity contribution is -0.138. The summed E-state index contributed by atoms with van der Waals surface area (Å²) < 4.78 is 9.10. The highest BCUT2D eigenvalue weighted by Gasteiger charge is 2.18. The van der Waals surface area contributed by atoms with Crippen molar-refractivity contribution in [2.75, 3.05) is 19.5 Å². The molecule has 0 saturated carbocycles. The first-order valence-electron chi connectivity index (χ1n) is 6.67. The minimum absolute atomic E-state index is 0.0485. The number of phenols is 1. The Morgan fingerprint density at radius 3 is 2.32 bits per heavy atom. The number of hydrogen-bond acceptors (Lipinski definition) is 6. The van der Waals surface area contributed by atoms with Crippen LogP contribution in [0.1, 0.15) is 26.3 Å². The van der Waals surface area contributed by atoms with Gasteiger partial charge in [0, 0.05) is 0 Å². The number of phenolic OH excluding ortho intramolecular Hbond substituents is 1. The van der Waals surface area contributed by atoms with Gasteiger partial charge in [0.1, 0.15) is 11.4 Å². The molecule has 0 unspecified atom stereocenters. The Balaban J connectivity index is 3.21. The number of aromatic hydroxyl groups is 1. The van der Waals surface area contributed by atoms with Gasteiger partial charge in [-0.05, 0) is 23.1 Å². The van der Waals surface area contributed by atoms with Crippen molar-refractivity contribution in [1.29, 1.82) is 0 Å². The van der Waals surface area contributed by atoms with Crippen molar-refractivity contribution < 1.29 is 24.2 Å². The molecule has 120 valence electrons. The predicted molar refractivity (Wildman–Crippen MR) is 82.5 cm³/mol. The molecule has 1 rings (SSSR count). The third kappa shape index (κ3) is 4.51. The Hall–Kier alpha value is -2.50. The third-order valence-corrected chi connectivity index (χ3v) is 3.00. The molecule has 0 spiro atoms. The predicted octanol–water partition coefficient (Wildman–Crippen LogP) is 2.33. The number of methoxy groups -OCH3 is 2. The van der Waals surface area contributed by atoms with Crippen molar-refractivity contribution in [2.45, 2.75) is 26.2 Å². The number of rotatable bonds is 4. The minimum atomic E-state index is -0.744. The van der Waals surface area contributed by atoms with E-state index in [1.54, 1.807) is 12.1 Å². The summed E-state index contributed by atoms with van der Waals surface area (Å²) in [6.45, 7) is 6.07. The van der Waals surface area contributed by atoms with Crippen LogP contribution in [0, 0.1) is 0 Å². The molecule has 0 aliphatic heterocycles. The topological polar surface area (TPSA) is 84.9 Å². The van der Waals surface area contributed by atoms with Crippen molar-refractivity contribution in [3.05, 3.63) is 35.5 Å². The van der Waals surface area contributed by atoms with Gasteiger partial charge in [-0.3, -0.25) is 0 Å². The maximum absolute atomic E-state index is 11.7. The molecule has 0 bridgehead atoms. The summed E-state index contributed by atoms with van der Waals surface area (Å²) in [5, 5.41) is 12.6. The Labute approximate surface area is 129 Å². The molecule has 2 N–H and O–H groups in total. The Bertz CT molecular complexity index is 599. The molecule has 0 radical (unpaired) electrons. The highest BCUT2D eigenvalue weighted by Crippen LogP contribution is 2.31. The fourth-order valence-electron chi connectivity index (χ4n) is 1.68. The van der Waals surface area contributed by atoms with Gasteiger partial charge in [0.2, 0.25) is 0 Å². The van der Waals surface area contributed by atoms with Crippen LogP contribution in [-0.4, -0.2) is 31.3 Å². The van der Waals surface area contributed by atoms with E-state index >= 15 is 0 Å². The second kappa shape index (κ2) is 6.98. The van der Waals surface area contributed by atoms with E-state index in [-0.39, 0.29) is 16.9 Å². The van der Waals surface area contributed by atoms with Crippen LogP contribution >= 0.6 is 0 Å². The molecule has 0 fully saturated rings. The highest BCUT2D eigenvalue weighted by molar-refractivity contribution is 5.99. The van der Waals surface area contributed by atoms with E-state index in [1.165, 1.54) is 20.3 Å². The third-order valence-electron chi connectivity index (χ3n) is 3.00. The van der Waals surface area contributed by atoms with Gasteiger partial charge < -0.3 is 19.9 Å². The summed E-state index contributed by atoms with van der Waals surface area (Å²) in [7, 11) is 2.39. The zero-order valence-electron chi connectivity index (χ0n) is 13.4. The monoisotopic (exact) mass is 307 g/mol. The van der Waals surface area contributed by atoms with Crippen LogP contribution in [-0.2, 0) is 24.5 Å². The molecular weight excluding hydrogens is 286 g/mol. The maximum atomic E-state index is 11.7. The van der Waals surface area contributed by atoms with Gasteiger partial charge in [0.05, 0.1) is 26.0 Å². The van der Waals surface area contributed by atoms with E-state index in [4.69, 9.17) is 0 Å². The smallest absolute Gasteiger partial charge is 0.354 e. The molecule has 22 heavy (non-hydrogen) atoms. The number of anilines is 1. The van der Waals surface area contributed by atoms with E-state index < -0.39 is 11.9 Å². The largest absolute Gasteiger partial charge is 0.506 e. The lowest BCUT2D eigenvalue weighted by Gasteiger charge is -2.21. The second-order valence-corrected chi connectivity index (χ2v) is 5.68. The fraction of sp³-hybridized carbons (Fsp3) is 0.375. The average molecular weight is 307 g/mol. The van der Waals surface area contributed by atoms with Crippen molar-refractivity contribution in [3.8, 4) is 5.75 Å². The highest BCUT2D eigenvalue weighted by atomic mass is 16.5. The number of carbonyl (C=O) groups is 2. The number of hydrogen-bond donors (Lipinski definition) is 2. The van der Waals surface area contributed by atoms with Crippen molar-refractivity contribution >= 4 is 17.6 Å². The van der Waals surface area contributed by atoms with Gasteiger partial charge in [-0.2, -0.15) is 0 Å². The van der Waals surface area contributed by atoms with Gasteiger partial charge in [0.15, 0.2) is 0 Å². The van der Waals surface area contributed by atoms with Crippen molar-refractivity contribution in [1.82, 2.24) is 0 Å². The van der Waals surface area contributed by atoms with Crippen LogP contribution in [0.4, 0.5) is 5.69 Å². The van der Waals surface area contributed by atoms with E-state index in [0.29, 0.717) is 5.69 Å². The van der Waals surface area contributed by atoms with Gasteiger partial charge >= 0.3 is 11.9 Å². The summed E-state index contributed by atoms with van der Waals surface area (Å²) in [5.41, 5.74) is 0.987. The Morgan fingerprint density at radius 2 is 1.82 bits per heavy atom. The normalized spacial score (nSPS) is 11.8. The van der Waals surface area contributed by atoms with Crippen LogP contribution in [0.15, 0.2) is 30.0 Å². The molecule has 0 heterocycles. The van der Waals surface area contributed by atoms with Crippen LogP contribution in [0.3, 0.4) is 0 Å². The van der Waals surface area contributed by atoms with Gasteiger partial charge in [-0.1, -0.05) is 26.8 Å². The number of carbonyl (C=O) groups excluding carboxylic acids is 2. The average Bonchev–Trinajstić information content (AvgIpc) is 2.46.